The Kier molecular flexibility index (Phi) is 5.90. The molecule has 1 saturated heterocycles. The zero-order valence-corrected chi connectivity index (χ0v) is 19.0. The van der Waals surface area contributed by atoms with Crippen molar-refractivity contribution in [2.75, 3.05) is 36.0 Å². The number of hydrogen-bond acceptors (Lipinski definition) is 9. The average Bonchev–Trinajstić information content (AvgIpc) is 2.90. The topological polar surface area (TPSA) is 136 Å². The van der Waals surface area contributed by atoms with E-state index in [9.17, 15) is 4.79 Å². The number of nitrogens with two attached hydrogens (primary N) is 3. The lowest BCUT2D eigenvalue weighted by Crippen LogP contribution is -2.38. The molecule has 8 nitrogen and oxygen atoms in total. The Labute approximate surface area is 186 Å². The quantitative estimate of drug-likeness (QED) is 0.529. The molecular formula is C22H31N7OS. The molecule has 1 aliphatic carbocycles. The van der Waals surface area contributed by atoms with Gasteiger partial charge < -0.3 is 27.4 Å². The summed E-state index contributed by atoms with van der Waals surface area (Å²) in [7, 11) is 0. The number of anilines is 3. The van der Waals surface area contributed by atoms with Crippen molar-refractivity contribution in [2.24, 2.45) is 5.73 Å². The zero-order chi connectivity index (χ0) is 22.2. The van der Waals surface area contributed by atoms with Crippen LogP contribution in [0.2, 0.25) is 0 Å². The van der Waals surface area contributed by atoms with E-state index in [0.717, 1.165) is 55.8 Å². The lowest BCUT2D eigenvalue weighted by molar-refractivity contribution is -0.119. The predicted molar refractivity (Wildman–Crippen MR) is 127 cm³/mol. The van der Waals surface area contributed by atoms with E-state index in [0.29, 0.717) is 28.0 Å². The molecule has 0 amide bonds. The molecule has 0 bridgehead atoms. The third-order valence-electron chi connectivity index (χ3n) is 6.43. The largest absolute Gasteiger partial charge is 0.397 e. The Morgan fingerprint density at radius 2 is 2.19 bits per heavy atom. The number of fused-ring (bicyclic) bond motifs is 1. The van der Waals surface area contributed by atoms with Gasteiger partial charge in [-0.3, -0.25) is 4.79 Å². The number of thiophene rings is 1. The van der Waals surface area contributed by atoms with E-state index < -0.39 is 5.41 Å². The normalized spacial score (nSPS) is 24.5. The minimum Gasteiger partial charge on any atom is -0.397 e. The van der Waals surface area contributed by atoms with Crippen LogP contribution in [0.3, 0.4) is 0 Å². The lowest BCUT2D eigenvalue weighted by Gasteiger charge is -2.32. The summed E-state index contributed by atoms with van der Waals surface area (Å²) in [4.78, 5) is 25.8. The predicted octanol–water partition coefficient (Wildman–Crippen LogP) is 2.05. The van der Waals surface area contributed by atoms with E-state index in [1.807, 2.05) is 6.92 Å². The molecule has 0 spiro atoms. The molecule has 2 atom stereocenters. The van der Waals surface area contributed by atoms with Gasteiger partial charge in [0.1, 0.15) is 5.00 Å². The van der Waals surface area contributed by atoms with Crippen LogP contribution in [-0.2, 0) is 16.6 Å². The highest BCUT2D eigenvalue weighted by Gasteiger charge is 2.41. The summed E-state index contributed by atoms with van der Waals surface area (Å²) in [5, 5.41) is 4.01. The van der Waals surface area contributed by atoms with Crippen LogP contribution in [0.5, 0.6) is 0 Å². The second-order valence-corrected chi connectivity index (χ2v) is 9.81. The van der Waals surface area contributed by atoms with Crippen LogP contribution in [-0.4, -0.2) is 41.4 Å². The van der Waals surface area contributed by atoms with Gasteiger partial charge in [-0.2, -0.15) is 0 Å². The van der Waals surface area contributed by atoms with Crippen molar-refractivity contribution in [1.29, 1.82) is 0 Å². The summed E-state index contributed by atoms with van der Waals surface area (Å²) < 4.78 is 0. The number of aromatic nitrogens is 2. The maximum absolute atomic E-state index is 13.4. The summed E-state index contributed by atoms with van der Waals surface area (Å²) in [5.41, 5.74) is 20.3. The molecule has 9 heteroatoms. The zero-order valence-electron chi connectivity index (χ0n) is 18.1. The molecule has 2 aliphatic rings. The van der Waals surface area contributed by atoms with Crippen LogP contribution in [0.25, 0.3) is 5.70 Å². The Hall–Kier alpha value is -2.65. The summed E-state index contributed by atoms with van der Waals surface area (Å²) in [6, 6.07) is 2.02. The molecular weight excluding hydrogens is 410 g/mol. The summed E-state index contributed by atoms with van der Waals surface area (Å²) in [6.45, 7) is 6.82. The molecule has 3 heterocycles. The number of nitrogens with zero attached hydrogens (tertiary/aromatic N) is 3. The fraction of sp³-hybridized carbons (Fsp3) is 0.500. The van der Waals surface area contributed by atoms with Crippen molar-refractivity contribution in [3.63, 3.8) is 0 Å². The molecule has 1 fully saturated rings. The highest BCUT2D eigenvalue weighted by molar-refractivity contribution is 7.16. The van der Waals surface area contributed by atoms with Crippen molar-refractivity contribution in [3.05, 3.63) is 34.5 Å². The van der Waals surface area contributed by atoms with Gasteiger partial charge in [0.05, 0.1) is 22.5 Å². The Morgan fingerprint density at radius 1 is 1.39 bits per heavy atom. The molecule has 0 radical (unpaired) electrons. The molecule has 1 aliphatic heterocycles. The summed E-state index contributed by atoms with van der Waals surface area (Å²) in [5.74, 6) is 0.571. The second kappa shape index (κ2) is 8.47. The number of ketones is 1. The van der Waals surface area contributed by atoms with Crippen LogP contribution in [0.15, 0.2) is 18.3 Å². The SMILES string of the molecule is C[C@H]1CNCCCN1c1nccc(C(N)=CC(=O)[C@@]2(C)CCCc3sc(N)c(N)c32)n1. The van der Waals surface area contributed by atoms with Gasteiger partial charge in [0.15, 0.2) is 5.78 Å². The van der Waals surface area contributed by atoms with Crippen LogP contribution in [0.1, 0.15) is 49.2 Å². The minimum atomic E-state index is -0.725. The van der Waals surface area contributed by atoms with Crippen molar-refractivity contribution in [2.45, 2.75) is 51.0 Å². The molecule has 7 N–H and O–H groups in total. The van der Waals surface area contributed by atoms with Crippen molar-refractivity contribution >= 4 is 39.5 Å². The van der Waals surface area contributed by atoms with E-state index >= 15 is 0 Å². The van der Waals surface area contributed by atoms with Crippen LogP contribution in [0.4, 0.5) is 16.6 Å². The number of nitrogen functional groups attached to an aromatic ring is 2. The van der Waals surface area contributed by atoms with Crippen molar-refractivity contribution in [3.8, 4) is 0 Å². The van der Waals surface area contributed by atoms with Gasteiger partial charge in [0, 0.05) is 41.8 Å². The van der Waals surface area contributed by atoms with Gasteiger partial charge in [0.25, 0.3) is 0 Å². The van der Waals surface area contributed by atoms with E-state index in [1.54, 1.807) is 12.3 Å². The average molecular weight is 442 g/mol. The van der Waals surface area contributed by atoms with Gasteiger partial charge in [-0.05, 0) is 52.1 Å². The number of nitrogens with one attached hydrogen (secondary N) is 1. The standard InChI is InChI=1S/C22H31N7OS/c1-13-12-26-8-4-10-29(13)21-27-9-6-15(28-21)14(23)11-17(30)22(2)7-3-5-16-18(22)19(24)20(25)31-16/h6,9,11,13,26H,3-5,7-8,10,12,23-25H2,1-2H3/t13-,22+/m0/s1. The molecule has 4 rings (SSSR count). The summed E-state index contributed by atoms with van der Waals surface area (Å²) in [6.07, 6.45) is 6.76. The van der Waals surface area contributed by atoms with Crippen LogP contribution >= 0.6 is 11.3 Å². The number of allylic oxidation sites excluding steroid dienone is 1. The van der Waals surface area contributed by atoms with Gasteiger partial charge in [0.2, 0.25) is 5.95 Å². The van der Waals surface area contributed by atoms with E-state index in [4.69, 9.17) is 17.2 Å². The Morgan fingerprint density at radius 3 is 3.00 bits per heavy atom. The number of aryl methyl sites for hydroxylation is 1. The maximum Gasteiger partial charge on any atom is 0.226 e. The fourth-order valence-corrected chi connectivity index (χ4v) is 5.76. The monoisotopic (exact) mass is 441 g/mol. The van der Waals surface area contributed by atoms with Gasteiger partial charge in [-0.25, -0.2) is 9.97 Å². The molecule has 2 aromatic heterocycles. The van der Waals surface area contributed by atoms with Gasteiger partial charge in [-0.1, -0.05) is 0 Å². The lowest BCUT2D eigenvalue weighted by atomic mass is 9.70. The molecule has 0 saturated carbocycles. The number of rotatable bonds is 4. The molecule has 166 valence electrons. The highest BCUT2D eigenvalue weighted by Crippen LogP contribution is 2.48. The Balaban J connectivity index is 1.63. The second-order valence-electron chi connectivity index (χ2n) is 8.67. The highest BCUT2D eigenvalue weighted by atomic mass is 32.1. The fourth-order valence-electron chi connectivity index (χ4n) is 4.60. The minimum absolute atomic E-state index is 0.0667. The first-order valence-electron chi connectivity index (χ1n) is 10.8. The van der Waals surface area contributed by atoms with Crippen molar-refractivity contribution in [1.82, 2.24) is 15.3 Å². The smallest absolute Gasteiger partial charge is 0.226 e. The van der Waals surface area contributed by atoms with Gasteiger partial charge >= 0.3 is 0 Å². The van der Waals surface area contributed by atoms with Crippen LogP contribution in [0, 0.1) is 0 Å². The molecule has 31 heavy (non-hydrogen) atoms. The number of carbonyl (C=O) groups excluding carboxylic acids is 1. The maximum atomic E-state index is 13.4. The van der Waals surface area contributed by atoms with E-state index in [2.05, 4.69) is 27.1 Å². The first kappa shape index (κ1) is 21.6. The van der Waals surface area contributed by atoms with Crippen LogP contribution < -0.4 is 27.4 Å². The van der Waals surface area contributed by atoms with Crippen molar-refractivity contribution < 1.29 is 4.79 Å². The first-order valence-corrected chi connectivity index (χ1v) is 11.6. The van der Waals surface area contributed by atoms with E-state index in [1.165, 1.54) is 17.4 Å². The summed E-state index contributed by atoms with van der Waals surface area (Å²) >= 11 is 1.49. The first-order chi connectivity index (χ1) is 14.8. The van der Waals surface area contributed by atoms with E-state index in [-0.39, 0.29) is 11.8 Å². The number of carbonyl (C=O) groups is 1. The molecule has 0 aromatic carbocycles. The Bertz CT molecular complexity index is 1020. The third-order valence-corrected chi connectivity index (χ3v) is 7.52. The molecule has 0 unspecified atom stereocenters. The van der Waals surface area contributed by atoms with Gasteiger partial charge in [-0.15, -0.1) is 11.3 Å². The third kappa shape index (κ3) is 3.99. The molecule has 2 aromatic rings. The number of hydrogen-bond donors (Lipinski definition) is 4.